The van der Waals surface area contributed by atoms with Crippen LogP contribution in [0.15, 0.2) is 23.1 Å². The van der Waals surface area contributed by atoms with Crippen LogP contribution in [-0.2, 0) is 40.4 Å². The minimum absolute atomic E-state index is 0.0657. The van der Waals surface area contributed by atoms with Gasteiger partial charge >= 0.3 is 5.97 Å². The number of sulfonamides is 1. The zero-order chi connectivity index (χ0) is 31.5. The maximum absolute atomic E-state index is 13.8. The van der Waals surface area contributed by atoms with Gasteiger partial charge in [0.1, 0.15) is 17.7 Å². The Morgan fingerprint density at radius 3 is 2.15 bits per heavy atom. The molecule has 0 unspecified atom stereocenters. The van der Waals surface area contributed by atoms with Crippen LogP contribution in [0.4, 0.5) is 5.69 Å². The van der Waals surface area contributed by atoms with Crippen molar-refractivity contribution in [2.24, 2.45) is 17.3 Å². The molecule has 0 bridgehead atoms. The lowest BCUT2D eigenvalue weighted by Crippen LogP contribution is -2.58. The monoisotopic (exact) mass is 594 g/mol. The second-order valence-electron chi connectivity index (χ2n) is 13.0. The molecule has 0 fully saturated rings. The summed E-state index contributed by atoms with van der Waals surface area (Å²) in [7, 11) is -1.24. The van der Waals surface area contributed by atoms with Crippen molar-refractivity contribution in [1.29, 1.82) is 0 Å². The van der Waals surface area contributed by atoms with Crippen molar-refractivity contribution in [2.45, 2.75) is 97.2 Å². The van der Waals surface area contributed by atoms with Crippen molar-refractivity contribution < 1.29 is 32.3 Å². The lowest BCUT2D eigenvalue weighted by Gasteiger charge is -2.34. The molecule has 1 aliphatic rings. The van der Waals surface area contributed by atoms with E-state index >= 15 is 0 Å². The van der Waals surface area contributed by atoms with Crippen molar-refractivity contribution in [2.75, 3.05) is 19.0 Å². The molecule has 0 aliphatic carbocycles. The molecule has 0 saturated heterocycles. The van der Waals surface area contributed by atoms with Gasteiger partial charge in [0.2, 0.25) is 27.7 Å². The molecule has 3 atom stereocenters. The Bertz CT molecular complexity index is 1260. The number of likely N-dealkylation sites (N-methyl/N-ethyl adjacent to an activating group) is 1. The molecule has 3 amide bonds. The largest absolute Gasteiger partial charge is 0.459 e. The maximum Gasteiger partial charge on any atom is 0.325 e. The lowest BCUT2D eigenvalue weighted by atomic mass is 9.84. The second-order valence-corrected chi connectivity index (χ2v) is 14.7. The fourth-order valence-electron chi connectivity index (χ4n) is 4.67. The van der Waals surface area contributed by atoms with E-state index in [0.717, 1.165) is 0 Å². The number of nitrogens with zero attached hydrogens (tertiary/aromatic N) is 1. The number of hydrogen-bond acceptors (Lipinski definition) is 7. The highest BCUT2D eigenvalue weighted by Crippen LogP contribution is 2.30. The van der Waals surface area contributed by atoms with Crippen molar-refractivity contribution in [1.82, 2.24) is 15.4 Å². The predicted molar refractivity (Wildman–Crippen MR) is 157 cm³/mol. The Kier molecular flexibility index (Phi) is 10.8. The van der Waals surface area contributed by atoms with E-state index in [2.05, 4.69) is 15.4 Å². The van der Waals surface area contributed by atoms with E-state index in [1.165, 1.54) is 24.1 Å². The van der Waals surface area contributed by atoms with Crippen molar-refractivity contribution in [3.05, 3.63) is 23.8 Å². The first-order valence-corrected chi connectivity index (χ1v) is 15.3. The first-order chi connectivity index (χ1) is 18.7. The van der Waals surface area contributed by atoms with Crippen LogP contribution in [0.25, 0.3) is 0 Å². The third kappa shape index (κ3) is 9.00. The highest BCUT2D eigenvalue weighted by molar-refractivity contribution is 7.89. The number of fused-ring (bicyclic) bond motifs is 1. The topological polar surface area (TPSA) is 151 Å². The minimum Gasteiger partial charge on any atom is -0.459 e. The molecule has 0 aromatic heterocycles. The number of carbonyl (C=O) groups is 4. The summed E-state index contributed by atoms with van der Waals surface area (Å²) < 4.78 is 35.4. The second kappa shape index (κ2) is 12.9. The first-order valence-electron chi connectivity index (χ1n) is 13.8. The summed E-state index contributed by atoms with van der Waals surface area (Å²) in [5.74, 6) is -3.32. The summed E-state index contributed by atoms with van der Waals surface area (Å²) in [6, 6.07) is 1.88. The number of esters is 1. The van der Waals surface area contributed by atoms with Gasteiger partial charge < -0.3 is 20.3 Å². The van der Waals surface area contributed by atoms with E-state index < -0.39 is 56.8 Å². The molecule has 1 heterocycles. The van der Waals surface area contributed by atoms with Crippen LogP contribution in [0.3, 0.4) is 0 Å². The molecule has 0 saturated carbocycles. The van der Waals surface area contributed by atoms with Crippen LogP contribution in [-0.4, -0.2) is 63.9 Å². The number of hydrogen-bond donors (Lipinski definition) is 3. The Hall–Kier alpha value is -2.99. The van der Waals surface area contributed by atoms with Gasteiger partial charge in [-0.05, 0) is 68.7 Å². The van der Waals surface area contributed by atoms with E-state index in [0.29, 0.717) is 17.7 Å². The smallest absolute Gasteiger partial charge is 0.325 e. The van der Waals surface area contributed by atoms with E-state index in [1.807, 2.05) is 13.8 Å². The van der Waals surface area contributed by atoms with Gasteiger partial charge in [-0.15, -0.1) is 0 Å². The number of aryl methyl sites for hydroxylation is 1. The Balaban J connectivity index is 2.56. The van der Waals surface area contributed by atoms with Crippen molar-refractivity contribution in [3.8, 4) is 0 Å². The van der Waals surface area contributed by atoms with Gasteiger partial charge in [0.05, 0.1) is 10.8 Å². The van der Waals surface area contributed by atoms with Crippen molar-refractivity contribution >= 4 is 39.4 Å². The van der Waals surface area contributed by atoms with E-state index in [4.69, 9.17) is 4.74 Å². The first kappa shape index (κ1) is 34.2. The number of benzene rings is 1. The van der Waals surface area contributed by atoms with Gasteiger partial charge in [-0.1, -0.05) is 34.6 Å². The van der Waals surface area contributed by atoms with Crippen LogP contribution in [0.5, 0.6) is 0 Å². The average molecular weight is 595 g/mol. The number of amides is 3. The molecule has 0 spiro atoms. The molecule has 1 aromatic carbocycles. The molecule has 1 aliphatic heterocycles. The number of carbonyl (C=O) groups excluding carboxylic acids is 4. The molecule has 230 valence electrons. The number of nitrogens with one attached hydrogen (secondary N) is 3. The number of rotatable bonds is 10. The van der Waals surface area contributed by atoms with Gasteiger partial charge in [0.15, 0.2) is 0 Å². The Labute approximate surface area is 244 Å². The molecular weight excluding hydrogens is 548 g/mol. The Morgan fingerprint density at radius 1 is 1.02 bits per heavy atom. The summed E-state index contributed by atoms with van der Waals surface area (Å²) >= 11 is 0. The SMILES string of the molecule is CNC(=O)[C@@H](NC(=O)[C@H](CC(C)C)[C@H](NS(=O)(=O)c1ccc2c(c1)CCC(=O)N2C)C(=O)OC(C)(C)C)C(C)(C)C. The quantitative estimate of drug-likeness (QED) is 0.352. The summed E-state index contributed by atoms with van der Waals surface area (Å²) in [5.41, 5.74) is -0.336. The fraction of sp³-hybridized carbons (Fsp3) is 0.655. The third-order valence-electron chi connectivity index (χ3n) is 6.77. The minimum atomic E-state index is -4.33. The number of anilines is 1. The Morgan fingerprint density at radius 2 is 1.63 bits per heavy atom. The summed E-state index contributed by atoms with van der Waals surface area (Å²) in [6.07, 6.45) is 0.765. The fourth-order valence-corrected chi connectivity index (χ4v) is 5.94. The highest BCUT2D eigenvalue weighted by Gasteiger charge is 2.42. The van der Waals surface area contributed by atoms with Gasteiger partial charge in [-0.3, -0.25) is 19.2 Å². The van der Waals surface area contributed by atoms with Gasteiger partial charge in [0.25, 0.3) is 0 Å². The summed E-state index contributed by atoms with van der Waals surface area (Å²) in [5, 5.41) is 5.30. The van der Waals surface area contributed by atoms with E-state index in [9.17, 15) is 27.6 Å². The van der Waals surface area contributed by atoms with Gasteiger partial charge in [-0.2, -0.15) is 4.72 Å². The standard InChI is InChI=1S/C29H46N4O7S/c1-17(2)15-20(25(35)31-24(26(36)30-9)28(3,4)5)23(27(37)40-29(6,7)8)32-41(38,39)19-12-13-21-18(16-19)11-14-22(34)33(21)10/h12-13,16-17,20,23-24,32H,11,14-15H2,1-10H3,(H,30,36)(H,31,35)/t20-,23+,24-/m1/s1. The van der Waals surface area contributed by atoms with E-state index in [1.54, 1.807) is 54.7 Å². The molecular formula is C29H46N4O7S. The van der Waals surface area contributed by atoms with Crippen LogP contribution in [0.1, 0.15) is 73.8 Å². The predicted octanol–water partition coefficient (Wildman–Crippen LogP) is 2.52. The van der Waals surface area contributed by atoms with Crippen LogP contribution in [0.2, 0.25) is 0 Å². The molecule has 2 rings (SSSR count). The van der Waals surface area contributed by atoms with Crippen molar-refractivity contribution in [3.63, 3.8) is 0 Å². The molecule has 11 nitrogen and oxygen atoms in total. The third-order valence-corrected chi connectivity index (χ3v) is 8.21. The molecule has 1 aromatic rings. The van der Waals surface area contributed by atoms with Crippen LogP contribution >= 0.6 is 0 Å². The average Bonchev–Trinajstić information content (AvgIpc) is 2.84. The molecule has 41 heavy (non-hydrogen) atoms. The maximum atomic E-state index is 13.8. The highest BCUT2D eigenvalue weighted by atomic mass is 32.2. The van der Waals surface area contributed by atoms with Gasteiger partial charge in [-0.25, -0.2) is 8.42 Å². The molecule has 0 radical (unpaired) electrons. The van der Waals surface area contributed by atoms with E-state index in [-0.39, 0.29) is 29.6 Å². The van der Waals surface area contributed by atoms with Crippen LogP contribution in [0, 0.1) is 17.3 Å². The normalized spacial score (nSPS) is 16.5. The van der Waals surface area contributed by atoms with Crippen LogP contribution < -0.4 is 20.3 Å². The lowest BCUT2D eigenvalue weighted by molar-refractivity contribution is -0.160. The molecule has 3 N–H and O–H groups in total. The number of ether oxygens (including phenoxy) is 1. The summed E-state index contributed by atoms with van der Waals surface area (Å²) in [6.45, 7) is 14.0. The zero-order valence-corrected chi connectivity index (χ0v) is 26.7. The van der Waals surface area contributed by atoms with Gasteiger partial charge in [0, 0.05) is 26.2 Å². The summed E-state index contributed by atoms with van der Waals surface area (Å²) in [4.78, 5) is 53.4. The zero-order valence-electron chi connectivity index (χ0n) is 25.9. The molecule has 12 heteroatoms.